The molecule has 0 saturated carbocycles. The highest BCUT2D eigenvalue weighted by atomic mass is 16.6. The minimum atomic E-state index is 0.0898. The molecule has 3 heterocycles. The summed E-state index contributed by atoms with van der Waals surface area (Å²) in [5, 5.41) is 7.52. The van der Waals surface area contributed by atoms with Gasteiger partial charge in [-0.25, -0.2) is 4.63 Å². The summed E-state index contributed by atoms with van der Waals surface area (Å²) in [6.45, 7) is 6.06. The maximum absolute atomic E-state index is 12.4. The van der Waals surface area contributed by atoms with Crippen molar-refractivity contribution < 1.29 is 9.42 Å². The zero-order valence-electron chi connectivity index (χ0n) is 13.3. The minimum absolute atomic E-state index is 0.0898. The van der Waals surface area contributed by atoms with E-state index in [4.69, 9.17) is 0 Å². The number of rotatable bonds is 4. The third kappa shape index (κ3) is 4.13. The van der Waals surface area contributed by atoms with Crippen molar-refractivity contribution in [2.24, 2.45) is 0 Å². The average Bonchev–Trinajstić information content (AvgIpc) is 2.82. The smallest absolute Gasteiger partial charge is 0.228 e. The first-order chi connectivity index (χ1) is 11.2. The van der Waals surface area contributed by atoms with Crippen LogP contribution < -0.4 is 0 Å². The van der Waals surface area contributed by atoms with E-state index in [1.54, 1.807) is 13.1 Å². The number of aryl methyl sites for hydroxylation is 1. The van der Waals surface area contributed by atoms with Crippen molar-refractivity contribution in [3.8, 4) is 0 Å². The average molecular weight is 315 g/mol. The van der Waals surface area contributed by atoms with E-state index in [1.165, 1.54) is 5.56 Å². The van der Waals surface area contributed by atoms with Crippen molar-refractivity contribution in [1.82, 2.24) is 25.1 Å². The molecule has 0 N–H and O–H groups in total. The van der Waals surface area contributed by atoms with Crippen LogP contribution in [0, 0.1) is 6.92 Å². The van der Waals surface area contributed by atoms with E-state index in [9.17, 15) is 4.79 Å². The van der Waals surface area contributed by atoms with Gasteiger partial charge in [-0.3, -0.25) is 14.7 Å². The summed E-state index contributed by atoms with van der Waals surface area (Å²) >= 11 is 0. The number of aromatic nitrogens is 3. The quantitative estimate of drug-likeness (QED) is 0.839. The monoisotopic (exact) mass is 315 g/mol. The van der Waals surface area contributed by atoms with Crippen LogP contribution in [0.5, 0.6) is 0 Å². The Morgan fingerprint density at radius 1 is 1.26 bits per heavy atom. The standard InChI is InChI=1S/C16H21N5O2/c1-13-15(19-23-18-13)10-16(22)21-7-3-6-20(8-9-21)12-14-4-2-5-17-11-14/h2,4-5,11H,3,6-10,12H2,1H3. The zero-order valence-corrected chi connectivity index (χ0v) is 13.3. The highest BCUT2D eigenvalue weighted by Gasteiger charge is 2.21. The molecule has 0 spiro atoms. The second kappa shape index (κ2) is 7.32. The lowest BCUT2D eigenvalue weighted by atomic mass is 10.2. The molecule has 1 aliphatic rings. The Balaban J connectivity index is 1.54. The molecule has 0 aliphatic carbocycles. The molecule has 0 radical (unpaired) electrons. The molecule has 0 atom stereocenters. The summed E-state index contributed by atoms with van der Waals surface area (Å²) in [6, 6.07) is 4.04. The molecular formula is C16H21N5O2. The lowest BCUT2D eigenvalue weighted by Gasteiger charge is -2.21. The van der Waals surface area contributed by atoms with E-state index in [0.717, 1.165) is 39.1 Å². The first-order valence-corrected chi connectivity index (χ1v) is 7.89. The lowest BCUT2D eigenvalue weighted by molar-refractivity contribution is -0.130. The number of carbonyl (C=O) groups excluding carboxylic acids is 1. The summed E-state index contributed by atoms with van der Waals surface area (Å²) < 4.78 is 4.66. The number of carbonyl (C=O) groups is 1. The second-order valence-corrected chi connectivity index (χ2v) is 5.84. The molecule has 122 valence electrons. The van der Waals surface area contributed by atoms with Gasteiger partial charge in [0.1, 0.15) is 11.4 Å². The summed E-state index contributed by atoms with van der Waals surface area (Å²) in [6.07, 6.45) is 4.92. The van der Waals surface area contributed by atoms with Gasteiger partial charge in [0.2, 0.25) is 5.91 Å². The van der Waals surface area contributed by atoms with Gasteiger partial charge in [0.25, 0.3) is 0 Å². The number of hydrogen-bond acceptors (Lipinski definition) is 6. The van der Waals surface area contributed by atoms with Crippen molar-refractivity contribution in [2.75, 3.05) is 26.2 Å². The molecule has 1 aliphatic heterocycles. The predicted molar refractivity (Wildman–Crippen MR) is 83.5 cm³/mol. The molecular weight excluding hydrogens is 294 g/mol. The molecule has 0 bridgehead atoms. The van der Waals surface area contributed by atoms with E-state index in [-0.39, 0.29) is 12.3 Å². The Kier molecular flexibility index (Phi) is 4.97. The molecule has 2 aromatic rings. The highest BCUT2D eigenvalue weighted by Crippen LogP contribution is 2.10. The number of pyridine rings is 1. The van der Waals surface area contributed by atoms with Gasteiger partial charge < -0.3 is 4.90 Å². The third-order valence-corrected chi connectivity index (χ3v) is 4.14. The van der Waals surface area contributed by atoms with Crippen molar-refractivity contribution in [1.29, 1.82) is 0 Å². The number of hydrogen-bond donors (Lipinski definition) is 0. The molecule has 0 aromatic carbocycles. The van der Waals surface area contributed by atoms with Crippen LogP contribution in [-0.2, 0) is 17.8 Å². The van der Waals surface area contributed by atoms with Crippen LogP contribution in [0.1, 0.15) is 23.4 Å². The van der Waals surface area contributed by atoms with Crippen LogP contribution >= 0.6 is 0 Å². The zero-order chi connectivity index (χ0) is 16.1. The fraction of sp³-hybridized carbons (Fsp3) is 0.500. The Labute approximate surface area is 135 Å². The van der Waals surface area contributed by atoms with E-state index >= 15 is 0 Å². The second-order valence-electron chi connectivity index (χ2n) is 5.84. The molecule has 7 nitrogen and oxygen atoms in total. The molecule has 23 heavy (non-hydrogen) atoms. The molecule has 0 unspecified atom stereocenters. The van der Waals surface area contributed by atoms with Crippen molar-refractivity contribution in [2.45, 2.75) is 26.3 Å². The molecule has 1 saturated heterocycles. The fourth-order valence-electron chi connectivity index (χ4n) is 2.79. The van der Waals surface area contributed by atoms with Gasteiger partial charge in [0.05, 0.1) is 6.42 Å². The Morgan fingerprint density at radius 2 is 2.17 bits per heavy atom. The molecule has 1 amide bonds. The van der Waals surface area contributed by atoms with Crippen LogP contribution in [0.3, 0.4) is 0 Å². The van der Waals surface area contributed by atoms with Gasteiger partial charge in [-0.15, -0.1) is 0 Å². The van der Waals surface area contributed by atoms with Crippen molar-refractivity contribution in [3.63, 3.8) is 0 Å². The first-order valence-electron chi connectivity index (χ1n) is 7.89. The minimum Gasteiger partial charge on any atom is -0.341 e. The van der Waals surface area contributed by atoms with Crippen LogP contribution in [0.2, 0.25) is 0 Å². The Morgan fingerprint density at radius 3 is 2.91 bits per heavy atom. The van der Waals surface area contributed by atoms with Gasteiger partial charge >= 0.3 is 0 Å². The van der Waals surface area contributed by atoms with Crippen LogP contribution in [0.15, 0.2) is 29.2 Å². The Bertz CT molecular complexity index is 643. The molecule has 3 rings (SSSR count). The van der Waals surface area contributed by atoms with Gasteiger partial charge in [0, 0.05) is 45.1 Å². The summed E-state index contributed by atoms with van der Waals surface area (Å²) in [5.74, 6) is 0.0898. The lowest BCUT2D eigenvalue weighted by Crippen LogP contribution is -2.36. The summed E-state index contributed by atoms with van der Waals surface area (Å²) in [7, 11) is 0. The topological polar surface area (TPSA) is 75.4 Å². The maximum atomic E-state index is 12.4. The van der Waals surface area contributed by atoms with Crippen LogP contribution in [0.4, 0.5) is 0 Å². The van der Waals surface area contributed by atoms with Gasteiger partial charge in [0.15, 0.2) is 0 Å². The maximum Gasteiger partial charge on any atom is 0.228 e. The van der Waals surface area contributed by atoms with Gasteiger partial charge in [-0.05, 0) is 25.0 Å². The SMILES string of the molecule is Cc1nonc1CC(=O)N1CCCN(Cc2cccnc2)CC1. The van der Waals surface area contributed by atoms with Crippen molar-refractivity contribution >= 4 is 5.91 Å². The Hall–Kier alpha value is -2.28. The predicted octanol–water partition coefficient (Wildman–Crippen LogP) is 1.05. The van der Waals surface area contributed by atoms with Crippen LogP contribution in [-0.4, -0.2) is 57.2 Å². The molecule has 1 fully saturated rings. The van der Waals surface area contributed by atoms with E-state index in [1.807, 2.05) is 17.2 Å². The van der Waals surface area contributed by atoms with Gasteiger partial charge in [-0.1, -0.05) is 16.4 Å². The highest BCUT2D eigenvalue weighted by molar-refractivity contribution is 5.78. The van der Waals surface area contributed by atoms with Crippen molar-refractivity contribution in [3.05, 3.63) is 41.5 Å². The van der Waals surface area contributed by atoms with E-state index < -0.39 is 0 Å². The number of nitrogens with zero attached hydrogens (tertiary/aromatic N) is 5. The molecule has 2 aromatic heterocycles. The van der Waals surface area contributed by atoms with E-state index in [0.29, 0.717) is 11.4 Å². The summed E-state index contributed by atoms with van der Waals surface area (Å²) in [5.41, 5.74) is 2.52. The van der Waals surface area contributed by atoms with E-state index in [2.05, 4.69) is 30.9 Å². The fourth-order valence-corrected chi connectivity index (χ4v) is 2.79. The van der Waals surface area contributed by atoms with Crippen LogP contribution in [0.25, 0.3) is 0 Å². The summed E-state index contributed by atoms with van der Waals surface area (Å²) in [4.78, 5) is 20.9. The number of amides is 1. The third-order valence-electron chi connectivity index (χ3n) is 4.14. The normalized spacial score (nSPS) is 16.3. The van der Waals surface area contributed by atoms with Gasteiger partial charge in [-0.2, -0.15) is 0 Å². The largest absolute Gasteiger partial charge is 0.341 e. The molecule has 7 heteroatoms. The first kappa shape index (κ1) is 15.6.